The van der Waals surface area contributed by atoms with Crippen LogP contribution in [0.4, 0.5) is 0 Å². The summed E-state index contributed by atoms with van der Waals surface area (Å²) in [6.07, 6.45) is 17.5. The van der Waals surface area contributed by atoms with Crippen LogP contribution in [0.2, 0.25) is 0 Å². The van der Waals surface area contributed by atoms with Gasteiger partial charge < -0.3 is 0 Å². The maximum absolute atomic E-state index is 2.35. The monoisotopic (exact) mass is 498 g/mol. The molecule has 0 rings (SSSR count). The molecular weight excluding hydrogens is 464 g/mol. The average Bonchev–Trinajstić information content (AvgIpc) is 2.43. The van der Waals surface area contributed by atoms with Gasteiger partial charge in [-0.25, -0.2) is 0 Å². The fourth-order valence-corrected chi connectivity index (χ4v) is 15.8. The van der Waals surface area contributed by atoms with Gasteiger partial charge >= 0.3 is 140 Å². The molecule has 114 valence electrons. The molecule has 19 heavy (non-hydrogen) atoms. The molecule has 2 radical (unpaired) electrons. The Balaban J connectivity index is 2.88. The van der Waals surface area contributed by atoms with E-state index in [1.807, 2.05) is 0 Å². The van der Waals surface area contributed by atoms with Gasteiger partial charge in [0.15, 0.2) is 0 Å². The van der Waals surface area contributed by atoms with Crippen molar-refractivity contribution in [3.05, 3.63) is 0 Å². The zero-order chi connectivity index (χ0) is 14.0. The molecule has 0 aliphatic heterocycles. The Morgan fingerprint density at radius 3 is 1.32 bits per heavy atom. The van der Waals surface area contributed by atoms with Crippen LogP contribution in [0.5, 0.6) is 0 Å². The van der Waals surface area contributed by atoms with Crippen LogP contribution in [-0.2, 0) is 0 Å². The van der Waals surface area contributed by atoms with Gasteiger partial charge in [0, 0.05) is 0 Å². The number of rotatable bonds is 16. The van der Waals surface area contributed by atoms with Gasteiger partial charge in [0.25, 0.3) is 0 Å². The summed E-state index contributed by atoms with van der Waals surface area (Å²) >= 11 is -0.310. The molecule has 0 saturated heterocycles. The Labute approximate surface area is 139 Å². The fourth-order valence-electron chi connectivity index (χ4n) is 2.03. The first-order chi connectivity index (χ1) is 9.41. The van der Waals surface area contributed by atoms with E-state index in [0.29, 0.717) is 0 Å². The Morgan fingerprint density at radius 2 is 0.895 bits per heavy atom. The molecule has 0 amide bonds. The van der Waals surface area contributed by atoms with E-state index in [9.17, 15) is 0 Å². The molecule has 0 nitrogen and oxygen atoms in total. The molecule has 3 heteroatoms. The molecule has 0 spiro atoms. The quantitative estimate of drug-likeness (QED) is 0.172. The number of unbranched alkanes of at least 4 members (excludes halogenated alkanes) is 10. The second-order valence-electron chi connectivity index (χ2n) is 5.32. The van der Waals surface area contributed by atoms with Gasteiger partial charge in [0.05, 0.1) is 0 Å². The van der Waals surface area contributed by atoms with Gasteiger partial charge in [-0.2, -0.15) is 0 Å². The van der Waals surface area contributed by atoms with Crippen LogP contribution >= 0.6 is 16.6 Å². The van der Waals surface area contributed by atoms with E-state index in [0.717, 1.165) is 0 Å². The summed E-state index contributed by atoms with van der Waals surface area (Å²) in [5.41, 5.74) is 0. The number of hydrogen-bond donors (Lipinski definition) is 0. The molecule has 0 bridgehead atoms. The second-order valence-corrected chi connectivity index (χ2v) is 19.9. The van der Waals surface area contributed by atoms with E-state index in [4.69, 9.17) is 0 Å². The molecule has 0 N–H and O–H groups in total. The third-order valence-electron chi connectivity index (χ3n) is 3.32. The summed E-state index contributed by atoms with van der Waals surface area (Å²) < 4.78 is 0. The summed E-state index contributed by atoms with van der Waals surface area (Å²) in [5.74, 6) is 2.94. The predicted molar refractivity (Wildman–Crippen MR) is 97.4 cm³/mol. The van der Waals surface area contributed by atoms with Crippen molar-refractivity contribution in [1.82, 2.24) is 0 Å². The fraction of sp³-hybridized carbons (Fsp3) is 1.00. The third kappa shape index (κ3) is 19.6. The van der Waals surface area contributed by atoms with E-state index < -0.39 is 0 Å². The first-order valence-corrected chi connectivity index (χ1v) is 19.9. The molecular formula is C16H34PbS2. The first-order valence-electron chi connectivity index (χ1n) is 8.40. The molecule has 0 saturated carbocycles. The molecule has 0 aromatic heterocycles. The molecule has 0 aliphatic rings. The molecule has 0 aliphatic carbocycles. The van der Waals surface area contributed by atoms with Crippen LogP contribution < -0.4 is 0 Å². The molecule has 0 atom stereocenters. The zero-order valence-corrected chi connectivity index (χ0v) is 18.7. The van der Waals surface area contributed by atoms with Crippen LogP contribution in [0.3, 0.4) is 0 Å². The summed E-state index contributed by atoms with van der Waals surface area (Å²) in [6, 6.07) is 0. The SMILES string of the molecule is CCCCCCCC[S][Pb][S]CCCCCCCC. The second kappa shape index (κ2) is 19.6. The summed E-state index contributed by atoms with van der Waals surface area (Å²) in [5, 5.41) is 0. The van der Waals surface area contributed by atoms with Gasteiger partial charge in [-0.1, -0.05) is 0 Å². The van der Waals surface area contributed by atoms with E-state index in [-0.39, 0.29) is 21.2 Å². The molecule has 0 aromatic carbocycles. The van der Waals surface area contributed by atoms with Crippen LogP contribution in [0.1, 0.15) is 90.9 Å². The van der Waals surface area contributed by atoms with Crippen LogP contribution in [0, 0.1) is 0 Å². The summed E-state index contributed by atoms with van der Waals surface area (Å²) in [6.45, 7) is 4.59. The van der Waals surface area contributed by atoms with Gasteiger partial charge in [-0.3, -0.25) is 0 Å². The van der Waals surface area contributed by atoms with Gasteiger partial charge in [0.1, 0.15) is 0 Å². The minimum absolute atomic E-state index is 0.310. The summed E-state index contributed by atoms with van der Waals surface area (Å²) in [4.78, 5) is 0. The normalized spacial score (nSPS) is 11.1. The number of hydrogen-bond acceptors (Lipinski definition) is 2. The van der Waals surface area contributed by atoms with Gasteiger partial charge in [-0.05, 0) is 0 Å². The van der Waals surface area contributed by atoms with Crippen molar-refractivity contribution < 1.29 is 0 Å². The van der Waals surface area contributed by atoms with Crippen molar-refractivity contribution in [1.29, 1.82) is 0 Å². The van der Waals surface area contributed by atoms with Gasteiger partial charge in [-0.15, -0.1) is 0 Å². The maximum atomic E-state index is 2.35. The van der Waals surface area contributed by atoms with Crippen LogP contribution in [0.25, 0.3) is 0 Å². The van der Waals surface area contributed by atoms with Gasteiger partial charge in [0.2, 0.25) is 0 Å². The van der Waals surface area contributed by atoms with Crippen molar-refractivity contribution in [3.63, 3.8) is 0 Å². The average molecular weight is 498 g/mol. The van der Waals surface area contributed by atoms with Crippen molar-refractivity contribution in [2.45, 2.75) is 90.9 Å². The molecule has 0 heterocycles. The van der Waals surface area contributed by atoms with E-state index >= 15 is 0 Å². The minimum atomic E-state index is -0.310. The van der Waals surface area contributed by atoms with Crippen molar-refractivity contribution in [2.24, 2.45) is 0 Å². The van der Waals surface area contributed by atoms with Crippen molar-refractivity contribution in [2.75, 3.05) is 11.5 Å². The Kier molecular flexibility index (Phi) is 21.3. The Bertz CT molecular complexity index is 138. The first kappa shape index (κ1) is 20.6. The van der Waals surface area contributed by atoms with Crippen molar-refractivity contribution in [3.8, 4) is 0 Å². The van der Waals surface area contributed by atoms with Crippen LogP contribution in [0.15, 0.2) is 0 Å². The summed E-state index contributed by atoms with van der Waals surface area (Å²) in [7, 11) is 4.69. The van der Waals surface area contributed by atoms with E-state index in [1.54, 1.807) is 0 Å². The topological polar surface area (TPSA) is 0 Å². The van der Waals surface area contributed by atoms with E-state index in [1.165, 1.54) is 88.6 Å². The van der Waals surface area contributed by atoms with Crippen molar-refractivity contribution >= 4 is 37.9 Å². The van der Waals surface area contributed by atoms with E-state index in [2.05, 4.69) is 30.5 Å². The molecule has 0 unspecified atom stereocenters. The molecule has 0 fully saturated rings. The Hall–Kier alpha value is 1.62. The third-order valence-corrected chi connectivity index (χ3v) is 18.3. The Morgan fingerprint density at radius 1 is 0.526 bits per heavy atom. The molecule has 0 aromatic rings. The van der Waals surface area contributed by atoms with Crippen LogP contribution in [-0.4, -0.2) is 32.7 Å². The predicted octanol–water partition coefficient (Wildman–Crippen LogP) is 6.71. The standard InChI is InChI=1S/2C8H18S.Pb/c2*1-2-3-4-5-6-7-8-9;/h2*9H,2-8H2,1H3;/q;;+2/p-2. The zero-order valence-electron chi connectivity index (χ0n) is 13.2.